The van der Waals surface area contributed by atoms with Crippen LogP contribution in [0.4, 0.5) is 4.39 Å². The number of halogens is 1. The fraction of sp³-hybridized carbons (Fsp3) is 0.333. The van der Waals surface area contributed by atoms with Gasteiger partial charge in [-0.15, -0.1) is 0 Å². The van der Waals surface area contributed by atoms with Crippen LogP contribution in [0.1, 0.15) is 42.1 Å². The van der Waals surface area contributed by atoms with Gasteiger partial charge in [0.15, 0.2) is 11.5 Å². The van der Waals surface area contributed by atoms with Crippen LogP contribution in [-0.2, 0) is 22.5 Å². The summed E-state index contributed by atoms with van der Waals surface area (Å²) in [5.74, 6) is -0.00226. The Balaban J connectivity index is 1.73. The second-order valence-electron chi connectivity index (χ2n) is 7.86. The number of unbranched alkanes of at least 4 members (excludes halogenated alkanes) is 2. The molecule has 0 bridgehead atoms. The Morgan fingerprint density at radius 1 is 1.03 bits per heavy atom. The summed E-state index contributed by atoms with van der Waals surface area (Å²) < 4.78 is 30.4. The molecular formula is C27H30FNO5. The first-order valence-electron chi connectivity index (χ1n) is 11.3. The average Bonchev–Trinajstić information content (AvgIpc) is 3.21. The topological polar surface area (TPSA) is 66.8 Å². The van der Waals surface area contributed by atoms with Crippen molar-refractivity contribution in [2.45, 2.75) is 39.2 Å². The van der Waals surface area contributed by atoms with Gasteiger partial charge in [0.05, 0.1) is 19.3 Å². The second-order valence-corrected chi connectivity index (χ2v) is 7.86. The molecule has 0 saturated heterocycles. The number of benzene rings is 2. The smallest absolute Gasteiger partial charge is 0.345 e. The first-order chi connectivity index (χ1) is 16.5. The summed E-state index contributed by atoms with van der Waals surface area (Å²) in [5.41, 5.74) is 2.37. The van der Waals surface area contributed by atoms with Crippen LogP contribution in [-0.4, -0.2) is 36.9 Å². The number of hydrogen-bond donors (Lipinski definition) is 0. The van der Waals surface area contributed by atoms with Crippen molar-refractivity contribution in [3.05, 3.63) is 71.9 Å². The average molecular weight is 468 g/mol. The van der Waals surface area contributed by atoms with Crippen LogP contribution in [0.25, 0.3) is 10.9 Å². The first kappa shape index (κ1) is 25.0. The molecular weight excluding hydrogens is 437 g/mol. The molecule has 0 aliphatic carbocycles. The Hall–Kier alpha value is -3.61. The highest BCUT2D eigenvalue weighted by atomic mass is 19.1. The molecule has 2 aromatic carbocycles. The zero-order chi connectivity index (χ0) is 24.3. The Bertz CT molecular complexity index is 1150. The number of ether oxygens (including phenoxy) is 3. The van der Waals surface area contributed by atoms with Crippen LogP contribution in [0.5, 0.6) is 11.5 Å². The van der Waals surface area contributed by atoms with Crippen molar-refractivity contribution in [2.75, 3.05) is 20.4 Å². The fourth-order valence-electron chi connectivity index (χ4n) is 3.68. The van der Waals surface area contributed by atoms with Gasteiger partial charge < -0.3 is 18.8 Å². The number of alkyl halides is 1. The van der Waals surface area contributed by atoms with Gasteiger partial charge in [0.1, 0.15) is 6.61 Å². The molecule has 0 atom stereocenters. The third-order valence-corrected chi connectivity index (χ3v) is 5.37. The maximum Gasteiger partial charge on any atom is 0.345 e. The lowest BCUT2D eigenvalue weighted by atomic mass is 10.1. The third-order valence-electron chi connectivity index (χ3n) is 5.37. The van der Waals surface area contributed by atoms with E-state index in [0.29, 0.717) is 36.4 Å². The Morgan fingerprint density at radius 3 is 2.62 bits per heavy atom. The highest BCUT2D eigenvalue weighted by Gasteiger charge is 2.18. The van der Waals surface area contributed by atoms with E-state index in [2.05, 4.69) is 0 Å². The number of carbonyl (C=O) groups excluding carboxylic acids is 2. The molecule has 3 aromatic rings. The molecule has 0 unspecified atom stereocenters. The van der Waals surface area contributed by atoms with Gasteiger partial charge in [-0.3, -0.25) is 9.18 Å². The van der Waals surface area contributed by atoms with Crippen molar-refractivity contribution in [1.82, 2.24) is 4.57 Å². The molecule has 0 amide bonds. The second kappa shape index (κ2) is 12.6. The summed E-state index contributed by atoms with van der Waals surface area (Å²) in [7, 11) is 1.52. The van der Waals surface area contributed by atoms with Crippen LogP contribution in [0, 0.1) is 0 Å². The van der Waals surface area contributed by atoms with Gasteiger partial charge in [-0.05, 0) is 49.4 Å². The van der Waals surface area contributed by atoms with Crippen molar-refractivity contribution in [1.29, 1.82) is 0 Å². The van der Waals surface area contributed by atoms with Crippen LogP contribution in [0.3, 0.4) is 0 Å². The van der Waals surface area contributed by atoms with Gasteiger partial charge in [0, 0.05) is 30.6 Å². The molecule has 0 aliphatic rings. The molecule has 0 aliphatic heterocycles. The van der Waals surface area contributed by atoms with Gasteiger partial charge in [-0.25, -0.2) is 4.79 Å². The standard InChI is InChI=1S/C27H30FNO5/c1-20(30)33-17-9-6-10-21-13-14-25(26(18-21)32-2)34-27(31)23-19-29(16-8-3-7-15-28)24-12-5-4-11-22(23)24/h4-6,9,11-14,18-19H,3,7-8,10,15-17H2,1-2H3/b9-6+. The number of nitrogens with zero attached hydrogens (tertiary/aromatic N) is 1. The van der Waals surface area contributed by atoms with Crippen molar-refractivity contribution in [2.24, 2.45) is 0 Å². The Kier molecular flexibility index (Phi) is 9.26. The molecule has 0 fully saturated rings. The number of rotatable bonds is 12. The van der Waals surface area contributed by atoms with Gasteiger partial charge in [0.2, 0.25) is 0 Å². The van der Waals surface area contributed by atoms with Gasteiger partial charge in [-0.1, -0.05) is 36.4 Å². The summed E-state index contributed by atoms with van der Waals surface area (Å²) in [6.45, 7) is 1.99. The minimum atomic E-state index is -0.467. The predicted molar refractivity (Wildman–Crippen MR) is 129 cm³/mol. The number of esters is 2. The van der Waals surface area contributed by atoms with E-state index in [0.717, 1.165) is 29.3 Å². The largest absolute Gasteiger partial charge is 0.493 e. The zero-order valence-corrected chi connectivity index (χ0v) is 19.6. The molecule has 0 N–H and O–H groups in total. The molecule has 0 saturated carbocycles. The number of carbonyl (C=O) groups is 2. The number of fused-ring (bicyclic) bond motifs is 1. The molecule has 3 rings (SSSR count). The zero-order valence-electron chi connectivity index (χ0n) is 19.6. The molecule has 34 heavy (non-hydrogen) atoms. The highest BCUT2D eigenvalue weighted by Crippen LogP contribution is 2.30. The van der Waals surface area contributed by atoms with E-state index in [1.54, 1.807) is 18.3 Å². The van der Waals surface area contributed by atoms with Crippen LogP contribution < -0.4 is 9.47 Å². The summed E-state index contributed by atoms with van der Waals surface area (Å²) in [6, 6.07) is 13.1. The monoisotopic (exact) mass is 467 g/mol. The Morgan fingerprint density at radius 2 is 1.85 bits per heavy atom. The lowest BCUT2D eigenvalue weighted by Gasteiger charge is -2.10. The molecule has 0 spiro atoms. The van der Waals surface area contributed by atoms with E-state index in [4.69, 9.17) is 14.2 Å². The van der Waals surface area contributed by atoms with Crippen LogP contribution in [0.15, 0.2) is 60.8 Å². The summed E-state index contributed by atoms with van der Waals surface area (Å²) >= 11 is 0. The van der Waals surface area contributed by atoms with E-state index in [1.807, 2.05) is 47.0 Å². The Labute approximate surface area is 198 Å². The van der Waals surface area contributed by atoms with E-state index in [9.17, 15) is 14.0 Å². The SMILES string of the molecule is COc1cc(C/C=C/COC(C)=O)ccc1OC(=O)c1cn(CCCCCF)c2ccccc12. The number of aryl methyl sites for hydroxylation is 1. The number of aromatic nitrogens is 1. The number of para-hydroxylation sites is 1. The van der Waals surface area contributed by atoms with Crippen molar-refractivity contribution >= 4 is 22.8 Å². The van der Waals surface area contributed by atoms with Gasteiger partial charge >= 0.3 is 11.9 Å². The van der Waals surface area contributed by atoms with E-state index >= 15 is 0 Å². The third kappa shape index (κ3) is 6.70. The summed E-state index contributed by atoms with van der Waals surface area (Å²) in [4.78, 5) is 23.9. The highest BCUT2D eigenvalue weighted by molar-refractivity contribution is 6.05. The summed E-state index contributed by atoms with van der Waals surface area (Å²) in [5, 5.41) is 0.812. The fourth-order valence-corrected chi connectivity index (χ4v) is 3.68. The molecule has 6 nitrogen and oxygen atoms in total. The van der Waals surface area contributed by atoms with Crippen molar-refractivity contribution < 1.29 is 28.2 Å². The molecule has 1 aromatic heterocycles. The van der Waals surface area contributed by atoms with Crippen LogP contribution >= 0.6 is 0 Å². The predicted octanol–water partition coefficient (Wildman–Crippen LogP) is 5.67. The van der Waals surface area contributed by atoms with Crippen molar-refractivity contribution in [3.63, 3.8) is 0 Å². The first-order valence-corrected chi connectivity index (χ1v) is 11.3. The van der Waals surface area contributed by atoms with Gasteiger partial charge in [0.25, 0.3) is 0 Å². The minimum Gasteiger partial charge on any atom is -0.493 e. The van der Waals surface area contributed by atoms with Crippen LogP contribution in [0.2, 0.25) is 0 Å². The molecule has 7 heteroatoms. The molecule has 0 radical (unpaired) electrons. The van der Waals surface area contributed by atoms with Crippen molar-refractivity contribution in [3.8, 4) is 11.5 Å². The normalized spacial score (nSPS) is 11.1. The van der Waals surface area contributed by atoms with E-state index < -0.39 is 5.97 Å². The number of hydrogen-bond acceptors (Lipinski definition) is 5. The van der Waals surface area contributed by atoms with Gasteiger partial charge in [-0.2, -0.15) is 0 Å². The maximum atomic E-state index is 13.1. The summed E-state index contributed by atoms with van der Waals surface area (Å²) in [6.07, 6.45) is 8.26. The lowest BCUT2D eigenvalue weighted by Crippen LogP contribution is -2.09. The number of methoxy groups -OCH3 is 1. The molecule has 180 valence electrons. The quantitative estimate of drug-likeness (QED) is 0.149. The maximum absolute atomic E-state index is 13.1. The number of allylic oxidation sites excluding steroid dienone is 1. The van der Waals surface area contributed by atoms with E-state index in [1.165, 1.54) is 14.0 Å². The lowest BCUT2D eigenvalue weighted by molar-refractivity contribution is -0.139. The minimum absolute atomic E-state index is 0.228. The van der Waals surface area contributed by atoms with E-state index in [-0.39, 0.29) is 19.3 Å². The molecule has 1 heterocycles.